The number of unbranched alkanes of at least 4 members (excludes halogenated alkanes) is 1. The molecular weight excluding hydrogens is 419 g/mol. The number of benzene rings is 1. The first-order valence-electron chi connectivity index (χ1n) is 12.2. The van der Waals surface area contributed by atoms with Crippen LogP contribution in [0.15, 0.2) is 12.3 Å². The molecule has 2 fully saturated rings. The summed E-state index contributed by atoms with van der Waals surface area (Å²) in [5.41, 5.74) is 3.70. The molecule has 0 bridgehead atoms. The van der Waals surface area contributed by atoms with Crippen molar-refractivity contribution in [3.05, 3.63) is 23.4 Å². The van der Waals surface area contributed by atoms with Gasteiger partial charge in [0.25, 0.3) is 0 Å². The van der Waals surface area contributed by atoms with Crippen LogP contribution in [0.1, 0.15) is 84.1 Å². The Morgan fingerprint density at radius 2 is 1.94 bits per heavy atom. The van der Waals surface area contributed by atoms with Crippen LogP contribution >= 0.6 is 0 Å². The molecule has 7 nitrogen and oxygen atoms in total. The smallest absolute Gasteiger partial charge is 0.466 e. The van der Waals surface area contributed by atoms with E-state index in [1.54, 1.807) is 0 Å². The van der Waals surface area contributed by atoms with Gasteiger partial charge in [0.15, 0.2) is 6.23 Å². The number of fused-ring (bicyclic) bond motifs is 1. The Bertz CT molecular complexity index is 994. The summed E-state index contributed by atoms with van der Waals surface area (Å²) < 4.78 is 26.2. The van der Waals surface area contributed by atoms with Gasteiger partial charge in [-0.3, -0.25) is 4.79 Å². The van der Waals surface area contributed by atoms with Gasteiger partial charge in [-0.1, -0.05) is 0 Å². The molecule has 0 radical (unpaired) electrons. The highest BCUT2D eigenvalue weighted by atomic mass is 16.7. The van der Waals surface area contributed by atoms with Gasteiger partial charge in [0, 0.05) is 18.9 Å². The molecule has 0 aliphatic carbocycles. The first kappa shape index (κ1) is 24.2. The third-order valence-electron chi connectivity index (χ3n) is 7.32. The zero-order valence-electron chi connectivity index (χ0n) is 20.9. The van der Waals surface area contributed by atoms with Crippen LogP contribution in [0.25, 0.3) is 10.9 Å². The number of aromatic nitrogens is 2. The Morgan fingerprint density at radius 3 is 2.58 bits per heavy atom. The Labute approximate surface area is 197 Å². The van der Waals surface area contributed by atoms with E-state index in [0.717, 1.165) is 61.5 Å². The molecule has 33 heavy (non-hydrogen) atoms. The van der Waals surface area contributed by atoms with Gasteiger partial charge >= 0.3 is 13.1 Å². The van der Waals surface area contributed by atoms with Crippen molar-refractivity contribution in [2.75, 3.05) is 13.2 Å². The fourth-order valence-corrected chi connectivity index (χ4v) is 4.72. The minimum Gasteiger partial charge on any atom is -0.466 e. The fourth-order valence-electron chi connectivity index (χ4n) is 4.72. The summed E-state index contributed by atoms with van der Waals surface area (Å²) in [5, 5.41) is 5.82. The lowest BCUT2D eigenvalue weighted by Gasteiger charge is -2.32. The van der Waals surface area contributed by atoms with Crippen molar-refractivity contribution in [1.82, 2.24) is 9.78 Å². The van der Waals surface area contributed by atoms with Crippen LogP contribution in [0.2, 0.25) is 0 Å². The highest BCUT2D eigenvalue weighted by Crippen LogP contribution is 2.38. The van der Waals surface area contributed by atoms with Crippen molar-refractivity contribution in [1.29, 1.82) is 0 Å². The summed E-state index contributed by atoms with van der Waals surface area (Å²) in [7, 11) is -0.467. The number of carbonyl (C=O) groups is 1. The molecule has 2 aliphatic rings. The first-order chi connectivity index (χ1) is 15.6. The molecule has 0 spiro atoms. The first-order valence-corrected chi connectivity index (χ1v) is 12.2. The minimum atomic E-state index is -0.467. The topological polar surface area (TPSA) is 71.8 Å². The van der Waals surface area contributed by atoms with Crippen LogP contribution in [0, 0.1) is 6.92 Å². The van der Waals surface area contributed by atoms with E-state index >= 15 is 0 Å². The Morgan fingerprint density at radius 1 is 1.21 bits per heavy atom. The highest BCUT2D eigenvalue weighted by molar-refractivity contribution is 6.65. The Hall–Kier alpha value is -1.90. The summed E-state index contributed by atoms with van der Waals surface area (Å²) in [6.45, 7) is 13.1. The average molecular weight is 456 g/mol. The fraction of sp³-hybridized carbons (Fsp3) is 0.680. The molecule has 0 saturated carbocycles. The molecule has 1 aromatic carbocycles. The van der Waals surface area contributed by atoms with Gasteiger partial charge in [-0.05, 0) is 95.8 Å². The maximum absolute atomic E-state index is 11.1. The summed E-state index contributed by atoms with van der Waals surface area (Å²) in [6.07, 6.45) is 7.71. The minimum absolute atomic E-state index is 0.0311. The second kappa shape index (κ2) is 9.39. The number of hydrogen-bond donors (Lipinski definition) is 0. The molecule has 1 unspecified atom stereocenters. The number of rotatable bonds is 7. The maximum Gasteiger partial charge on any atom is 0.495 e. The second-order valence-electron chi connectivity index (χ2n) is 10.3. The third kappa shape index (κ3) is 4.84. The summed E-state index contributed by atoms with van der Waals surface area (Å²) in [5.74, 6) is -0.233. The molecule has 0 amide bonds. The number of ether oxygens (including phenoxy) is 2. The zero-order valence-corrected chi connectivity index (χ0v) is 20.9. The van der Waals surface area contributed by atoms with E-state index in [9.17, 15) is 4.79 Å². The van der Waals surface area contributed by atoms with E-state index < -0.39 is 18.3 Å². The highest BCUT2D eigenvalue weighted by Gasteiger charge is 2.52. The molecule has 0 N–H and O–H groups in total. The normalized spacial score (nSPS) is 22.1. The molecule has 3 heterocycles. The van der Waals surface area contributed by atoms with Gasteiger partial charge in [-0.25, -0.2) is 4.68 Å². The second-order valence-corrected chi connectivity index (χ2v) is 10.3. The van der Waals surface area contributed by atoms with Gasteiger partial charge in [0.2, 0.25) is 0 Å². The molecule has 180 valence electrons. The third-order valence-corrected chi connectivity index (χ3v) is 7.32. The molecule has 4 rings (SSSR count). The molecular formula is C25H37BN2O5. The molecule has 2 saturated heterocycles. The van der Waals surface area contributed by atoms with Crippen LogP contribution in [-0.4, -0.2) is 47.3 Å². The van der Waals surface area contributed by atoms with Crippen molar-refractivity contribution in [2.45, 2.75) is 97.5 Å². The summed E-state index contributed by atoms with van der Waals surface area (Å²) >= 11 is 0. The van der Waals surface area contributed by atoms with Crippen molar-refractivity contribution >= 4 is 29.5 Å². The van der Waals surface area contributed by atoms with Crippen molar-refractivity contribution in [2.24, 2.45) is 0 Å². The predicted octanol–water partition coefficient (Wildman–Crippen LogP) is 4.23. The van der Waals surface area contributed by atoms with Crippen molar-refractivity contribution < 1.29 is 23.6 Å². The van der Waals surface area contributed by atoms with E-state index in [2.05, 4.69) is 40.7 Å². The molecule has 2 aromatic rings. The SMILES string of the molecule is CC(=O)OCCCCc1c(C)cc2c(cnn2C2CCCCO2)c1B1OC(C)(C)C(C)(C)O1. The van der Waals surface area contributed by atoms with Crippen LogP contribution in [0.3, 0.4) is 0 Å². The number of esters is 1. The van der Waals surface area contributed by atoms with E-state index in [0.29, 0.717) is 6.61 Å². The zero-order chi connectivity index (χ0) is 23.8. The Balaban J connectivity index is 1.72. The summed E-state index contributed by atoms with van der Waals surface area (Å²) in [4.78, 5) is 11.1. The lowest BCUT2D eigenvalue weighted by molar-refractivity contribution is -0.141. The van der Waals surface area contributed by atoms with Gasteiger partial charge in [-0.2, -0.15) is 5.10 Å². The number of hydrogen-bond acceptors (Lipinski definition) is 6. The molecule has 8 heteroatoms. The standard InChI is InChI=1S/C25H37BN2O5/c1-17-15-21-20(16-27-28(21)22-12-8-10-14-31-22)23(19(17)11-7-9-13-30-18(2)29)26-32-24(3,4)25(5,6)33-26/h15-16,22H,7-14H2,1-6H3. The molecule has 1 aromatic heterocycles. The van der Waals surface area contributed by atoms with Crippen molar-refractivity contribution in [3.8, 4) is 0 Å². The van der Waals surface area contributed by atoms with Crippen LogP contribution in [0.4, 0.5) is 0 Å². The van der Waals surface area contributed by atoms with Crippen LogP contribution < -0.4 is 5.46 Å². The lowest BCUT2D eigenvalue weighted by atomic mass is 9.71. The lowest BCUT2D eigenvalue weighted by Crippen LogP contribution is -2.41. The quantitative estimate of drug-likeness (QED) is 0.353. The van der Waals surface area contributed by atoms with Gasteiger partial charge in [0.05, 0.1) is 29.5 Å². The van der Waals surface area contributed by atoms with Gasteiger partial charge in [-0.15, -0.1) is 0 Å². The molecule has 1 atom stereocenters. The molecule has 2 aliphatic heterocycles. The monoisotopic (exact) mass is 456 g/mol. The van der Waals surface area contributed by atoms with E-state index in [4.69, 9.17) is 23.9 Å². The van der Waals surface area contributed by atoms with Crippen molar-refractivity contribution in [3.63, 3.8) is 0 Å². The average Bonchev–Trinajstić information content (AvgIpc) is 3.25. The van der Waals surface area contributed by atoms with E-state index in [-0.39, 0.29) is 12.2 Å². The van der Waals surface area contributed by atoms with Crippen LogP contribution in [0.5, 0.6) is 0 Å². The largest absolute Gasteiger partial charge is 0.495 e. The number of nitrogens with zero attached hydrogens (tertiary/aromatic N) is 2. The van der Waals surface area contributed by atoms with Crippen LogP contribution in [-0.2, 0) is 30.0 Å². The number of aryl methyl sites for hydroxylation is 1. The maximum atomic E-state index is 11.1. The Kier molecular flexibility index (Phi) is 6.90. The van der Waals surface area contributed by atoms with Gasteiger partial charge < -0.3 is 18.8 Å². The summed E-state index contributed by atoms with van der Waals surface area (Å²) in [6, 6.07) is 2.22. The van der Waals surface area contributed by atoms with E-state index in [1.807, 2.05) is 10.9 Å². The van der Waals surface area contributed by atoms with Gasteiger partial charge in [0.1, 0.15) is 0 Å². The van der Waals surface area contributed by atoms with E-state index in [1.165, 1.54) is 18.1 Å². The predicted molar refractivity (Wildman–Crippen MR) is 129 cm³/mol. The number of carbonyl (C=O) groups excluding carboxylic acids is 1.